The predicted octanol–water partition coefficient (Wildman–Crippen LogP) is 12.7. The van der Waals surface area contributed by atoms with E-state index in [2.05, 4.69) is 154 Å². The molecule has 10 aromatic heterocycles. The summed E-state index contributed by atoms with van der Waals surface area (Å²) in [6.07, 6.45) is 28.4. The molecule has 2 aliphatic heterocycles. The van der Waals surface area contributed by atoms with Crippen molar-refractivity contribution in [2.45, 2.75) is 98.1 Å². The Balaban J connectivity index is 0.000000124. The van der Waals surface area contributed by atoms with Crippen LogP contribution in [0.15, 0.2) is 270 Å². The zero-order chi connectivity index (χ0) is 102. The SMILES string of the molecule is CCc1ccc(-n2cc(C(=O)NOC)c(=O)c3cnc(Nc4ccc5c(c4)CNCC5)nc32)cc1.CCc1ccc(-n2cc(C(=O)NOC)c(=O)c3cnc(Nc4ccc5c(c4)N(C(C)=O)CC5)nc32)cc1.CONC(=O)c1cn(-c2ccc3c(c2)CCC3)c2nc(Nc3ccc(-n4cccn4)cc3)ncc2c1=O.CONC(=O)c1cn(-c2ccc3c(c2)CCC3)c2nc(Nc3ccc(Cn4cncn4)cc3)ncc2c1=O. The smallest absolute Gasteiger partial charge is 0.280 e. The van der Waals surface area contributed by atoms with E-state index in [1.807, 2.05) is 146 Å². The highest BCUT2D eigenvalue weighted by atomic mass is 16.7. The van der Waals surface area contributed by atoms with Gasteiger partial charge in [-0.3, -0.25) is 62.5 Å². The molecule has 0 saturated heterocycles. The van der Waals surface area contributed by atoms with Crippen LogP contribution in [0.4, 0.5) is 52.2 Å². The standard InChI is InChI=1S/C27H24N8O3.C27H23N7O3.C27H26N6O4.C26H26N6O3/c1-38-33-26(37)23-14-35(21-10-7-18-3-2-4-19(18)11-21)25-22(24(23)36)12-29-27(32-25)31-20-8-5-17(6-9-20)13-34-16-28-15-30-34;1-37-32-26(36)23-16-33(21-9-6-17-4-2-5-18(17)14-21)25-22(24(23)35)15-28-27(31-25)30-19-7-10-20(11-8-19)34-13-3-12-29-34;1-4-17-5-9-20(10-6-17)33-15-22(26(36)31-37-3)24(35)21-14-28-27(30-25(21)33)29-19-8-7-18-11-12-32(16(2)34)23(18)13-19;1-3-16-4-8-20(9-5-16)32-15-22(25(34)31-35-2)23(33)21-14-28-26(30-24(21)32)29-19-7-6-17-10-11-27-13-18(17)12-19/h5-12,14-16H,2-4,13H2,1H3,(H,33,37)(H,29,31,32);3,6-16H,2,4-5H2,1H3,(H,32,36)(H,28,30,31);5-10,13-15H,4,11-12H2,1-3H3,(H,31,36)(H,28,29,30);4-9,12,14-15,27H,3,10-11,13H2,1-2H3,(H,31,34)(H,28,29,30). The minimum atomic E-state index is -0.663. The van der Waals surface area contributed by atoms with Crippen LogP contribution in [-0.2, 0) is 88.6 Å². The predicted molar refractivity (Wildman–Crippen MR) is 554 cm³/mol. The number of rotatable bonds is 25. The number of benzene rings is 8. The fourth-order valence-electron chi connectivity index (χ4n) is 18.1. The number of nitrogens with zero attached hydrogens (tertiary/aromatic N) is 18. The Bertz CT molecular complexity index is 8350. The number of aryl methyl sites for hydroxylation is 6. The van der Waals surface area contributed by atoms with E-state index in [0.29, 0.717) is 59.2 Å². The molecule has 2 aliphatic carbocycles. The minimum Gasteiger partial charge on any atom is -0.324 e. The summed E-state index contributed by atoms with van der Waals surface area (Å²) in [5.74, 6) is -1.31. The van der Waals surface area contributed by atoms with Crippen molar-refractivity contribution in [2.75, 3.05) is 67.7 Å². The van der Waals surface area contributed by atoms with Crippen molar-refractivity contribution in [3.05, 3.63) is 369 Å². The summed E-state index contributed by atoms with van der Waals surface area (Å²) < 4.78 is 10.4. The van der Waals surface area contributed by atoms with Gasteiger partial charge < -0.3 is 49.8 Å². The van der Waals surface area contributed by atoms with Crippen LogP contribution in [-0.4, -0.2) is 154 Å². The van der Waals surface area contributed by atoms with Crippen LogP contribution >= 0.6 is 0 Å². The lowest BCUT2D eigenvalue weighted by atomic mass is 10.0. The van der Waals surface area contributed by atoms with Gasteiger partial charge in [-0.25, -0.2) is 56.2 Å². The van der Waals surface area contributed by atoms with Gasteiger partial charge >= 0.3 is 0 Å². The number of hydroxylamine groups is 4. The zero-order valence-electron chi connectivity index (χ0n) is 80.9. The molecule has 0 radical (unpaired) electrons. The molecule has 0 unspecified atom stereocenters. The number of amides is 5. The van der Waals surface area contributed by atoms with Gasteiger partial charge in [0.25, 0.3) is 23.6 Å². The monoisotopic (exact) mass is 1970 g/mol. The number of pyridine rings is 4. The van der Waals surface area contributed by atoms with Crippen LogP contribution < -0.4 is 75.1 Å². The normalized spacial score (nSPS) is 12.6. The van der Waals surface area contributed by atoms with Crippen LogP contribution in [0.25, 0.3) is 72.6 Å². The lowest BCUT2D eigenvalue weighted by Gasteiger charge is -2.18. The first-order valence-corrected chi connectivity index (χ1v) is 47.4. The summed E-state index contributed by atoms with van der Waals surface area (Å²) >= 11 is 0. The Hall–Kier alpha value is -18.4. The van der Waals surface area contributed by atoms with Gasteiger partial charge in [-0.2, -0.15) is 30.1 Å². The molecule has 0 spiro atoms. The van der Waals surface area contributed by atoms with Crippen molar-refractivity contribution >= 4 is 126 Å². The average Bonchev–Trinajstić information content (AvgIpc) is 1.42. The van der Waals surface area contributed by atoms with Gasteiger partial charge in [0.05, 0.1) is 62.2 Å². The molecule has 740 valence electrons. The maximum Gasteiger partial charge on any atom is 0.280 e. The third-order valence-corrected chi connectivity index (χ3v) is 25.6. The zero-order valence-corrected chi connectivity index (χ0v) is 80.9. The van der Waals surface area contributed by atoms with Crippen molar-refractivity contribution < 1.29 is 43.3 Å². The third kappa shape index (κ3) is 21.3. The fourth-order valence-corrected chi connectivity index (χ4v) is 18.1. The second kappa shape index (κ2) is 43.6. The molecule has 5 amide bonds. The molecule has 40 nitrogen and oxygen atoms in total. The van der Waals surface area contributed by atoms with Gasteiger partial charge in [0.1, 0.15) is 34.9 Å². The molecule has 8 aromatic carbocycles. The van der Waals surface area contributed by atoms with Gasteiger partial charge in [0.15, 0.2) is 22.6 Å². The highest BCUT2D eigenvalue weighted by molar-refractivity contribution is 6.00. The fraction of sp³-hybridized carbons (Fsp3) is 0.196. The number of nitrogens with one attached hydrogen (secondary N) is 9. The summed E-state index contributed by atoms with van der Waals surface area (Å²) in [5.41, 5.74) is 28.5. The van der Waals surface area contributed by atoms with E-state index in [4.69, 9.17) is 19.4 Å². The topological polar surface area (TPSA) is 473 Å². The van der Waals surface area contributed by atoms with E-state index in [1.165, 1.54) is 123 Å². The second-order valence-corrected chi connectivity index (χ2v) is 34.8. The van der Waals surface area contributed by atoms with Crippen molar-refractivity contribution in [1.82, 2.24) is 110 Å². The lowest BCUT2D eigenvalue weighted by Crippen LogP contribution is -2.29. The molecule has 0 fully saturated rings. The highest BCUT2D eigenvalue weighted by Crippen LogP contribution is 2.35. The Morgan fingerprint density at radius 2 is 0.762 bits per heavy atom. The molecule has 0 bridgehead atoms. The summed E-state index contributed by atoms with van der Waals surface area (Å²) in [6, 6.07) is 57.3. The van der Waals surface area contributed by atoms with Gasteiger partial charge in [0, 0.05) is 133 Å². The molecule has 4 aliphatic rings. The molecule has 9 N–H and O–H groups in total. The van der Waals surface area contributed by atoms with Crippen LogP contribution in [0.2, 0.25) is 0 Å². The van der Waals surface area contributed by atoms with Crippen molar-refractivity contribution in [3.63, 3.8) is 0 Å². The van der Waals surface area contributed by atoms with Crippen molar-refractivity contribution in [3.8, 4) is 28.4 Å². The van der Waals surface area contributed by atoms with Gasteiger partial charge in [-0.15, -0.1) is 0 Å². The van der Waals surface area contributed by atoms with E-state index in [-0.39, 0.29) is 55.7 Å². The first-order chi connectivity index (χ1) is 71.6. The molecule has 0 atom stereocenters. The van der Waals surface area contributed by atoms with E-state index >= 15 is 0 Å². The maximum absolute atomic E-state index is 13.2. The second-order valence-electron chi connectivity index (χ2n) is 34.8. The van der Waals surface area contributed by atoms with Crippen LogP contribution in [0, 0.1) is 0 Å². The lowest BCUT2D eigenvalue weighted by molar-refractivity contribution is -0.116. The average molecular weight is 1970 g/mol. The summed E-state index contributed by atoms with van der Waals surface area (Å²) in [6.45, 7) is 8.77. The maximum atomic E-state index is 13.2. The van der Waals surface area contributed by atoms with Gasteiger partial charge in [-0.05, 0) is 242 Å². The highest BCUT2D eigenvalue weighted by Gasteiger charge is 2.28. The van der Waals surface area contributed by atoms with Gasteiger partial charge in [0.2, 0.25) is 51.4 Å². The molecule has 40 heteroatoms. The number of aromatic nitrogens is 17. The Labute approximate surface area is 838 Å². The Morgan fingerprint density at radius 3 is 1.17 bits per heavy atom. The summed E-state index contributed by atoms with van der Waals surface area (Å²) in [4.78, 5) is 176. The first-order valence-electron chi connectivity index (χ1n) is 47.4. The number of fused-ring (bicyclic) bond motifs is 8. The molecule has 12 heterocycles. The Morgan fingerprint density at radius 1 is 0.388 bits per heavy atom. The van der Waals surface area contributed by atoms with Crippen LogP contribution in [0.1, 0.15) is 131 Å². The number of hydrogen-bond donors (Lipinski definition) is 9. The van der Waals surface area contributed by atoms with E-state index in [0.717, 1.165) is 145 Å². The third-order valence-electron chi connectivity index (χ3n) is 25.6. The van der Waals surface area contributed by atoms with E-state index in [9.17, 15) is 43.2 Å². The first kappa shape index (κ1) is 97.4. The molecular formula is C107H99N27O13. The molecule has 22 rings (SSSR count). The quantitative estimate of drug-likeness (QED) is 0.0240. The van der Waals surface area contributed by atoms with Gasteiger partial charge in [-0.1, -0.05) is 74.5 Å². The largest absolute Gasteiger partial charge is 0.324 e. The van der Waals surface area contributed by atoms with Crippen LogP contribution in [0.5, 0.6) is 0 Å². The van der Waals surface area contributed by atoms with E-state index in [1.54, 1.807) is 52.0 Å². The molecule has 18 aromatic rings. The Kier molecular flexibility index (Phi) is 28.9. The molecule has 0 saturated carbocycles. The van der Waals surface area contributed by atoms with E-state index < -0.39 is 45.3 Å². The number of hydrogen-bond acceptors (Lipinski definition) is 29. The van der Waals surface area contributed by atoms with Crippen molar-refractivity contribution in [1.29, 1.82) is 0 Å². The van der Waals surface area contributed by atoms with Crippen molar-refractivity contribution in [2.24, 2.45) is 0 Å². The van der Waals surface area contributed by atoms with Crippen LogP contribution in [0.3, 0.4) is 0 Å². The number of anilines is 9. The molecular weight excluding hydrogens is 1870 g/mol. The summed E-state index contributed by atoms with van der Waals surface area (Å²) in [7, 11) is 5.26. The number of carbonyl (C=O) groups is 5. The summed E-state index contributed by atoms with van der Waals surface area (Å²) in [5, 5.41) is 25.5. The minimum absolute atomic E-state index is 0.00993. The molecule has 147 heavy (non-hydrogen) atoms. The number of carbonyl (C=O) groups excluding carboxylic acids is 5.